The van der Waals surface area contributed by atoms with Crippen LogP contribution in [0.2, 0.25) is 0 Å². The highest BCUT2D eigenvalue weighted by Gasteiger charge is 2.23. The van der Waals surface area contributed by atoms with Gasteiger partial charge in [-0.1, -0.05) is 12.1 Å². The average molecular weight is 412 g/mol. The smallest absolute Gasteiger partial charge is 0.225 e. The average Bonchev–Trinajstić information content (AvgIpc) is 3.22. The molecule has 0 saturated heterocycles. The van der Waals surface area contributed by atoms with E-state index in [9.17, 15) is 0 Å². The number of anilines is 2. The number of rotatable bonds is 8. The van der Waals surface area contributed by atoms with E-state index in [0.717, 1.165) is 60.8 Å². The van der Waals surface area contributed by atoms with Crippen molar-refractivity contribution in [1.82, 2.24) is 15.3 Å². The van der Waals surface area contributed by atoms with Gasteiger partial charge in [0.15, 0.2) is 0 Å². The predicted octanol–water partition coefficient (Wildman–Crippen LogP) is 2.92. The van der Waals surface area contributed by atoms with Gasteiger partial charge in [-0.25, -0.2) is 4.98 Å². The fourth-order valence-corrected chi connectivity index (χ4v) is 4.36. The van der Waals surface area contributed by atoms with Crippen LogP contribution in [0.3, 0.4) is 0 Å². The summed E-state index contributed by atoms with van der Waals surface area (Å²) in [4.78, 5) is 11.6. The maximum Gasteiger partial charge on any atom is 0.225 e. The zero-order valence-electron chi connectivity index (χ0n) is 18.0. The van der Waals surface area contributed by atoms with Crippen LogP contribution in [0.25, 0.3) is 10.9 Å². The van der Waals surface area contributed by atoms with Gasteiger partial charge in [0.25, 0.3) is 0 Å². The molecule has 7 heteroatoms. The van der Waals surface area contributed by atoms with Crippen molar-refractivity contribution < 1.29 is 9.84 Å². The molecule has 7 nitrogen and oxygen atoms in total. The molecule has 4 rings (SSSR count). The normalized spacial score (nSPS) is 23.8. The Morgan fingerprint density at radius 1 is 1.13 bits per heavy atom. The number of nitrogens with zero attached hydrogens (tertiary/aromatic N) is 3. The second kappa shape index (κ2) is 9.62. The molecule has 2 aromatic rings. The van der Waals surface area contributed by atoms with Crippen molar-refractivity contribution in [2.24, 2.45) is 5.92 Å². The lowest BCUT2D eigenvalue weighted by atomic mass is 9.86. The molecule has 0 radical (unpaired) electrons. The van der Waals surface area contributed by atoms with Gasteiger partial charge < -0.3 is 25.4 Å². The summed E-state index contributed by atoms with van der Waals surface area (Å²) in [5.74, 6) is 3.33. The third-order valence-electron chi connectivity index (χ3n) is 6.05. The zero-order chi connectivity index (χ0) is 20.9. The Kier molecular flexibility index (Phi) is 6.69. The van der Waals surface area contributed by atoms with Gasteiger partial charge in [-0.05, 0) is 56.4 Å². The Balaban J connectivity index is 1.26. The van der Waals surface area contributed by atoms with Crippen LogP contribution in [0.1, 0.15) is 32.1 Å². The summed E-state index contributed by atoms with van der Waals surface area (Å²) in [6.45, 7) is 1.86. The molecular formula is C23H33N5O2. The molecule has 162 valence electrons. The first kappa shape index (κ1) is 20.9. The standard InChI is InChI=1S/C23H33N5O2/c1-28(2)22-20-5-3-4-6-21(20)26-23(27-22)25-17-9-7-16(8-10-17)13-24-14-18-11-12-19(15-29)30-18/h3-6,11,16-17,19,24,29H,7-10,12-15H2,1-2H3,(H,25,26,27). The highest BCUT2D eigenvalue weighted by Crippen LogP contribution is 2.28. The number of aromatic nitrogens is 2. The maximum atomic E-state index is 9.14. The van der Waals surface area contributed by atoms with Crippen LogP contribution >= 0.6 is 0 Å². The van der Waals surface area contributed by atoms with E-state index in [0.29, 0.717) is 12.0 Å². The number of aliphatic hydroxyl groups excluding tert-OH is 1. The van der Waals surface area contributed by atoms with Gasteiger partial charge >= 0.3 is 0 Å². The minimum atomic E-state index is -0.0475. The third-order valence-corrected chi connectivity index (χ3v) is 6.05. The predicted molar refractivity (Wildman–Crippen MR) is 121 cm³/mol. The number of hydrogen-bond acceptors (Lipinski definition) is 7. The molecule has 0 spiro atoms. The molecule has 1 aliphatic heterocycles. The van der Waals surface area contributed by atoms with Gasteiger partial charge in [0.1, 0.15) is 17.7 Å². The summed E-state index contributed by atoms with van der Waals surface area (Å²) in [6, 6.07) is 8.59. The van der Waals surface area contributed by atoms with Crippen LogP contribution in [0, 0.1) is 5.92 Å². The topological polar surface area (TPSA) is 82.5 Å². The van der Waals surface area contributed by atoms with E-state index in [-0.39, 0.29) is 12.7 Å². The lowest BCUT2D eigenvalue weighted by Gasteiger charge is -2.29. The van der Waals surface area contributed by atoms with Crippen LogP contribution in [0.15, 0.2) is 36.1 Å². The lowest BCUT2D eigenvalue weighted by molar-refractivity contribution is 0.0770. The molecule has 3 N–H and O–H groups in total. The Hall–Kier alpha value is -2.38. The first-order chi connectivity index (χ1) is 14.6. The first-order valence-corrected chi connectivity index (χ1v) is 11.0. The monoisotopic (exact) mass is 411 g/mol. The fraction of sp³-hybridized carbons (Fsp3) is 0.565. The van der Waals surface area contributed by atoms with Gasteiger partial charge in [-0.2, -0.15) is 4.98 Å². The molecule has 1 atom stereocenters. The number of fused-ring (bicyclic) bond motifs is 1. The lowest BCUT2D eigenvalue weighted by Crippen LogP contribution is -2.32. The Bertz CT molecular complexity index is 877. The molecule has 1 aromatic heterocycles. The SMILES string of the molecule is CN(C)c1nc(NC2CCC(CNCC3=CCC(CO)O3)CC2)nc2ccccc12. The van der Waals surface area contributed by atoms with E-state index in [1.54, 1.807) is 0 Å². The molecule has 2 aliphatic rings. The van der Waals surface area contributed by atoms with E-state index < -0.39 is 0 Å². The molecule has 1 aliphatic carbocycles. The number of nitrogens with one attached hydrogen (secondary N) is 2. The summed E-state index contributed by atoms with van der Waals surface area (Å²) in [5, 5.41) is 17.3. The number of hydrogen-bond donors (Lipinski definition) is 3. The summed E-state index contributed by atoms with van der Waals surface area (Å²) in [6.07, 6.45) is 7.50. The van der Waals surface area contributed by atoms with Crippen molar-refractivity contribution >= 4 is 22.7 Å². The Morgan fingerprint density at radius 3 is 2.67 bits per heavy atom. The fourth-order valence-electron chi connectivity index (χ4n) is 4.36. The molecule has 2 heterocycles. The minimum Gasteiger partial charge on any atom is -0.491 e. The quantitative estimate of drug-likeness (QED) is 0.616. The summed E-state index contributed by atoms with van der Waals surface area (Å²) in [5.41, 5.74) is 0.975. The summed E-state index contributed by atoms with van der Waals surface area (Å²) < 4.78 is 5.66. The molecule has 1 fully saturated rings. The number of aliphatic hydroxyl groups is 1. The number of para-hydroxylation sites is 1. The molecule has 1 saturated carbocycles. The van der Waals surface area contributed by atoms with Crippen LogP contribution in [-0.4, -0.2) is 61.0 Å². The molecular weight excluding hydrogens is 378 g/mol. The van der Waals surface area contributed by atoms with Gasteiger partial charge in [0, 0.05) is 31.9 Å². The van der Waals surface area contributed by atoms with Crippen LogP contribution in [0.5, 0.6) is 0 Å². The van der Waals surface area contributed by atoms with Crippen LogP contribution in [0.4, 0.5) is 11.8 Å². The van der Waals surface area contributed by atoms with Crippen molar-refractivity contribution in [2.45, 2.75) is 44.2 Å². The van der Waals surface area contributed by atoms with Crippen LogP contribution in [-0.2, 0) is 4.74 Å². The molecule has 1 aromatic carbocycles. The molecule has 0 amide bonds. The highest BCUT2D eigenvalue weighted by molar-refractivity contribution is 5.90. The molecule has 0 bridgehead atoms. The van der Waals surface area contributed by atoms with Crippen LogP contribution < -0.4 is 15.5 Å². The van der Waals surface area contributed by atoms with E-state index >= 15 is 0 Å². The minimum absolute atomic E-state index is 0.0475. The van der Waals surface area contributed by atoms with Gasteiger partial charge in [-0.3, -0.25) is 0 Å². The van der Waals surface area contributed by atoms with Crippen molar-refractivity contribution in [1.29, 1.82) is 0 Å². The summed E-state index contributed by atoms with van der Waals surface area (Å²) in [7, 11) is 4.04. The highest BCUT2D eigenvalue weighted by atomic mass is 16.5. The van der Waals surface area contributed by atoms with Crippen molar-refractivity contribution in [2.75, 3.05) is 44.0 Å². The van der Waals surface area contributed by atoms with E-state index in [1.807, 2.05) is 37.2 Å². The number of benzene rings is 1. The van der Waals surface area contributed by atoms with E-state index in [2.05, 4.69) is 22.8 Å². The third kappa shape index (κ3) is 5.02. The second-order valence-corrected chi connectivity index (χ2v) is 8.60. The molecule has 30 heavy (non-hydrogen) atoms. The second-order valence-electron chi connectivity index (χ2n) is 8.60. The van der Waals surface area contributed by atoms with E-state index in [1.165, 1.54) is 12.8 Å². The van der Waals surface area contributed by atoms with Gasteiger partial charge in [0.05, 0.1) is 18.7 Å². The molecule has 1 unspecified atom stereocenters. The largest absolute Gasteiger partial charge is 0.491 e. The van der Waals surface area contributed by atoms with Crippen molar-refractivity contribution in [3.8, 4) is 0 Å². The Morgan fingerprint density at radius 2 is 1.93 bits per heavy atom. The van der Waals surface area contributed by atoms with Gasteiger partial charge in [-0.15, -0.1) is 0 Å². The van der Waals surface area contributed by atoms with E-state index in [4.69, 9.17) is 19.8 Å². The van der Waals surface area contributed by atoms with Crippen molar-refractivity contribution in [3.05, 3.63) is 36.1 Å². The summed E-state index contributed by atoms with van der Waals surface area (Å²) >= 11 is 0. The first-order valence-electron chi connectivity index (χ1n) is 11.0. The maximum absolute atomic E-state index is 9.14. The zero-order valence-corrected chi connectivity index (χ0v) is 18.0. The Labute approximate surface area is 178 Å². The van der Waals surface area contributed by atoms with Gasteiger partial charge in [0.2, 0.25) is 5.95 Å². The number of ether oxygens (including phenoxy) is 1. The van der Waals surface area contributed by atoms with Crippen molar-refractivity contribution in [3.63, 3.8) is 0 Å².